The molecule has 0 saturated carbocycles. The van der Waals surface area contributed by atoms with Gasteiger partial charge in [-0.1, -0.05) is 32.9 Å². The standard InChI is InChI=1S/C19H29NO4/c1-13(2)10-20(11-16(5)19(22)23-6)18(21)12-24-17-9-14(3)7-8-15(17)4/h7-9,13,16H,10-12H2,1-6H3. The van der Waals surface area contributed by atoms with Gasteiger partial charge in [0.25, 0.3) is 5.91 Å². The smallest absolute Gasteiger partial charge is 0.310 e. The van der Waals surface area contributed by atoms with Crippen molar-refractivity contribution in [3.05, 3.63) is 29.3 Å². The van der Waals surface area contributed by atoms with E-state index in [0.29, 0.717) is 24.8 Å². The first-order chi connectivity index (χ1) is 11.2. The fraction of sp³-hybridized carbons (Fsp3) is 0.579. The second-order valence-electron chi connectivity index (χ2n) is 6.67. The minimum Gasteiger partial charge on any atom is -0.483 e. The van der Waals surface area contributed by atoms with Crippen LogP contribution in [0.4, 0.5) is 0 Å². The van der Waals surface area contributed by atoms with Crippen molar-refractivity contribution in [2.75, 3.05) is 26.8 Å². The maximum atomic E-state index is 12.5. The van der Waals surface area contributed by atoms with Crippen LogP contribution in [0.15, 0.2) is 18.2 Å². The van der Waals surface area contributed by atoms with Crippen LogP contribution < -0.4 is 4.74 Å². The largest absolute Gasteiger partial charge is 0.483 e. The molecule has 5 nitrogen and oxygen atoms in total. The topological polar surface area (TPSA) is 55.8 Å². The summed E-state index contributed by atoms with van der Waals surface area (Å²) in [6.45, 7) is 10.6. The Hall–Kier alpha value is -2.04. The number of esters is 1. The Bertz CT molecular complexity index is 568. The van der Waals surface area contributed by atoms with Gasteiger partial charge in [-0.05, 0) is 37.0 Å². The lowest BCUT2D eigenvalue weighted by molar-refractivity contribution is -0.146. The Morgan fingerprint density at radius 2 is 1.79 bits per heavy atom. The lowest BCUT2D eigenvalue weighted by Crippen LogP contribution is -2.41. The predicted octanol–water partition coefficient (Wildman–Crippen LogP) is 2.98. The molecular weight excluding hydrogens is 306 g/mol. The first-order valence-corrected chi connectivity index (χ1v) is 8.30. The number of methoxy groups -OCH3 is 1. The normalized spacial score (nSPS) is 12.0. The third-order valence-electron chi connectivity index (χ3n) is 3.73. The first-order valence-electron chi connectivity index (χ1n) is 8.30. The average Bonchev–Trinajstić information content (AvgIpc) is 2.53. The van der Waals surface area contributed by atoms with Gasteiger partial charge in [0, 0.05) is 13.1 Å². The first kappa shape index (κ1) is 20.0. The Balaban J connectivity index is 2.73. The number of amides is 1. The molecule has 0 N–H and O–H groups in total. The van der Waals surface area contributed by atoms with Gasteiger partial charge < -0.3 is 14.4 Å². The summed E-state index contributed by atoms with van der Waals surface area (Å²) in [4.78, 5) is 25.8. The van der Waals surface area contributed by atoms with Crippen LogP contribution in [0.5, 0.6) is 5.75 Å². The minimum absolute atomic E-state index is 0.0368. The molecule has 0 saturated heterocycles. The van der Waals surface area contributed by atoms with Gasteiger partial charge in [-0.3, -0.25) is 9.59 Å². The highest BCUT2D eigenvalue weighted by Gasteiger charge is 2.22. The van der Waals surface area contributed by atoms with E-state index in [4.69, 9.17) is 9.47 Å². The molecule has 5 heteroatoms. The van der Waals surface area contributed by atoms with Gasteiger partial charge in [0.05, 0.1) is 13.0 Å². The molecule has 0 aliphatic rings. The Kier molecular flexibility index (Phi) is 7.75. The van der Waals surface area contributed by atoms with Gasteiger partial charge in [0.15, 0.2) is 6.61 Å². The SMILES string of the molecule is COC(=O)C(C)CN(CC(C)C)C(=O)COc1cc(C)ccc1C. The molecular formula is C19H29NO4. The van der Waals surface area contributed by atoms with Crippen molar-refractivity contribution in [1.29, 1.82) is 0 Å². The number of hydrogen-bond acceptors (Lipinski definition) is 4. The number of rotatable bonds is 8. The fourth-order valence-electron chi connectivity index (χ4n) is 2.42. The van der Waals surface area contributed by atoms with Crippen LogP contribution in [-0.4, -0.2) is 43.6 Å². The maximum Gasteiger partial charge on any atom is 0.310 e. The third kappa shape index (κ3) is 6.22. The van der Waals surface area contributed by atoms with E-state index in [2.05, 4.69) is 0 Å². The number of hydrogen-bond donors (Lipinski definition) is 0. The quantitative estimate of drug-likeness (QED) is 0.685. The number of nitrogens with zero attached hydrogens (tertiary/aromatic N) is 1. The molecule has 0 bridgehead atoms. The summed E-state index contributed by atoms with van der Waals surface area (Å²) in [5, 5.41) is 0. The Morgan fingerprint density at radius 3 is 2.38 bits per heavy atom. The van der Waals surface area contributed by atoms with Crippen molar-refractivity contribution < 1.29 is 19.1 Å². The molecule has 1 atom stereocenters. The van der Waals surface area contributed by atoms with Crippen LogP contribution in [0.2, 0.25) is 0 Å². The second-order valence-corrected chi connectivity index (χ2v) is 6.67. The second kappa shape index (κ2) is 9.30. The summed E-state index contributed by atoms with van der Waals surface area (Å²) in [7, 11) is 1.36. The van der Waals surface area contributed by atoms with E-state index in [1.807, 2.05) is 45.9 Å². The zero-order chi connectivity index (χ0) is 18.3. The summed E-state index contributed by atoms with van der Waals surface area (Å²) in [5.41, 5.74) is 2.08. The summed E-state index contributed by atoms with van der Waals surface area (Å²) >= 11 is 0. The van der Waals surface area contributed by atoms with Gasteiger partial charge in [-0.2, -0.15) is 0 Å². The van der Waals surface area contributed by atoms with Crippen LogP contribution in [0.3, 0.4) is 0 Å². The van der Waals surface area contributed by atoms with E-state index in [9.17, 15) is 9.59 Å². The van der Waals surface area contributed by atoms with Gasteiger partial charge in [0.1, 0.15) is 5.75 Å². The monoisotopic (exact) mass is 335 g/mol. The lowest BCUT2D eigenvalue weighted by Gasteiger charge is -2.27. The van der Waals surface area contributed by atoms with Crippen molar-refractivity contribution in [1.82, 2.24) is 4.90 Å². The summed E-state index contributed by atoms with van der Waals surface area (Å²) in [5.74, 6) is 0.221. The number of aryl methyl sites for hydroxylation is 2. The molecule has 134 valence electrons. The molecule has 0 aliphatic heterocycles. The highest BCUT2D eigenvalue weighted by molar-refractivity contribution is 5.79. The molecule has 0 heterocycles. The Morgan fingerprint density at radius 1 is 1.12 bits per heavy atom. The van der Waals surface area contributed by atoms with Crippen LogP contribution in [-0.2, 0) is 14.3 Å². The molecule has 0 radical (unpaired) electrons. The van der Waals surface area contributed by atoms with Crippen LogP contribution in [0.1, 0.15) is 31.9 Å². The van der Waals surface area contributed by atoms with E-state index < -0.39 is 0 Å². The number of benzene rings is 1. The van der Waals surface area contributed by atoms with Crippen LogP contribution >= 0.6 is 0 Å². The van der Waals surface area contributed by atoms with Crippen molar-refractivity contribution in [2.24, 2.45) is 11.8 Å². The van der Waals surface area contributed by atoms with E-state index in [-0.39, 0.29) is 24.4 Å². The summed E-state index contributed by atoms with van der Waals surface area (Å²) < 4.78 is 10.5. The van der Waals surface area contributed by atoms with Crippen molar-refractivity contribution in [2.45, 2.75) is 34.6 Å². The predicted molar refractivity (Wildman–Crippen MR) is 94.0 cm³/mol. The Labute approximate surface area is 144 Å². The summed E-state index contributed by atoms with van der Waals surface area (Å²) in [6.07, 6.45) is 0. The van der Waals surface area contributed by atoms with Gasteiger partial charge in [-0.15, -0.1) is 0 Å². The van der Waals surface area contributed by atoms with E-state index >= 15 is 0 Å². The number of ether oxygens (including phenoxy) is 2. The van der Waals surface area contributed by atoms with Gasteiger partial charge >= 0.3 is 5.97 Å². The summed E-state index contributed by atoms with van der Waals surface area (Å²) in [6, 6.07) is 5.90. The minimum atomic E-state index is -0.363. The fourth-order valence-corrected chi connectivity index (χ4v) is 2.42. The molecule has 0 aliphatic carbocycles. The van der Waals surface area contributed by atoms with Crippen LogP contribution in [0, 0.1) is 25.7 Å². The average molecular weight is 335 g/mol. The van der Waals surface area contributed by atoms with Gasteiger partial charge in [-0.25, -0.2) is 0 Å². The van der Waals surface area contributed by atoms with E-state index in [1.165, 1.54) is 7.11 Å². The zero-order valence-electron chi connectivity index (χ0n) is 15.6. The molecule has 1 unspecified atom stereocenters. The molecule has 1 aromatic carbocycles. The molecule has 1 rings (SSSR count). The van der Waals surface area contributed by atoms with E-state index in [0.717, 1.165) is 11.1 Å². The molecule has 24 heavy (non-hydrogen) atoms. The highest BCUT2D eigenvalue weighted by Crippen LogP contribution is 2.19. The third-order valence-corrected chi connectivity index (χ3v) is 3.73. The molecule has 0 spiro atoms. The number of carbonyl (C=O) groups is 2. The zero-order valence-corrected chi connectivity index (χ0v) is 15.6. The van der Waals surface area contributed by atoms with E-state index in [1.54, 1.807) is 11.8 Å². The molecule has 1 amide bonds. The molecule has 0 aromatic heterocycles. The highest BCUT2D eigenvalue weighted by atomic mass is 16.5. The molecule has 0 fully saturated rings. The van der Waals surface area contributed by atoms with Crippen LogP contribution in [0.25, 0.3) is 0 Å². The van der Waals surface area contributed by atoms with Crippen molar-refractivity contribution in [3.8, 4) is 5.75 Å². The maximum absolute atomic E-state index is 12.5. The van der Waals surface area contributed by atoms with Crippen molar-refractivity contribution in [3.63, 3.8) is 0 Å². The van der Waals surface area contributed by atoms with Gasteiger partial charge in [0.2, 0.25) is 0 Å². The molecule has 1 aromatic rings. The van der Waals surface area contributed by atoms with Crippen molar-refractivity contribution >= 4 is 11.9 Å². The lowest BCUT2D eigenvalue weighted by atomic mass is 10.1. The number of carbonyl (C=O) groups excluding carboxylic acids is 2.